The maximum Gasteiger partial charge on any atom is 0.573 e. The van der Waals surface area contributed by atoms with Crippen molar-refractivity contribution in [3.05, 3.63) is 142 Å². The number of phenolic OH excluding ortho intramolecular Hbond substituents is 1. The number of hydrazine groups is 1. The summed E-state index contributed by atoms with van der Waals surface area (Å²) in [7, 11) is 0. The van der Waals surface area contributed by atoms with Crippen molar-refractivity contribution in [2.24, 2.45) is 23.7 Å². The van der Waals surface area contributed by atoms with Crippen LogP contribution in [-0.4, -0.2) is 50.1 Å². The van der Waals surface area contributed by atoms with E-state index in [0.717, 1.165) is 23.1 Å². The van der Waals surface area contributed by atoms with Crippen LogP contribution in [0.1, 0.15) is 35.4 Å². The molecule has 12 nitrogen and oxygen atoms in total. The number of alkyl halides is 6. The Morgan fingerprint density at radius 2 is 1.58 bits per heavy atom. The minimum absolute atomic E-state index is 0.0921. The van der Waals surface area contributed by atoms with Crippen molar-refractivity contribution in [3.8, 4) is 23.0 Å². The fourth-order valence-corrected chi connectivity index (χ4v) is 10.4. The van der Waals surface area contributed by atoms with Crippen molar-refractivity contribution in [2.75, 3.05) is 10.3 Å². The number of fused-ring (bicyclic) bond motifs is 5. The third kappa shape index (κ3) is 6.83. The van der Waals surface area contributed by atoms with Gasteiger partial charge in [-0.2, -0.15) is 18.2 Å². The number of oxazole rings is 1. The lowest BCUT2D eigenvalue weighted by atomic mass is 9.49. The number of aromatic hydroxyl groups is 1. The summed E-state index contributed by atoms with van der Waals surface area (Å²) in [6.45, 7) is 0. The smallest absolute Gasteiger partial charge is 0.508 e. The molecule has 6 atom stereocenters. The lowest BCUT2D eigenvalue weighted by Gasteiger charge is -2.50. The van der Waals surface area contributed by atoms with Crippen LogP contribution in [-0.2, 0) is 30.8 Å². The highest BCUT2D eigenvalue weighted by atomic mass is 35.5. The minimum Gasteiger partial charge on any atom is -0.508 e. The number of phenols is 1. The Bertz CT molecular complexity index is 3020. The molecule has 2 N–H and O–H groups in total. The zero-order valence-corrected chi connectivity index (χ0v) is 34.9. The summed E-state index contributed by atoms with van der Waals surface area (Å²) in [6.07, 6.45) is -8.41. The van der Waals surface area contributed by atoms with Gasteiger partial charge in [0.25, 0.3) is 11.8 Å². The fourth-order valence-electron chi connectivity index (χ4n) is 10.1. The van der Waals surface area contributed by atoms with Crippen LogP contribution in [0.3, 0.4) is 0 Å². The monoisotopic (exact) mass is 947 g/mol. The zero-order chi connectivity index (χ0) is 46.6. The van der Waals surface area contributed by atoms with Crippen molar-refractivity contribution in [2.45, 2.75) is 36.7 Å². The highest BCUT2D eigenvalue weighted by molar-refractivity contribution is 6.33. The van der Waals surface area contributed by atoms with E-state index in [9.17, 15) is 45.8 Å². The number of ether oxygens (including phenoxy) is 1. The van der Waals surface area contributed by atoms with E-state index in [0.29, 0.717) is 39.8 Å². The van der Waals surface area contributed by atoms with E-state index >= 15 is 4.79 Å². The molecule has 20 heteroatoms. The number of pyridine rings is 1. The number of allylic oxidation sites excluding steroid dienone is 2. The molecule has 0 bridgehead atoms. The van der Waals surface area contributed by atoms with E-state index in [2.05, 4.69) is 20.1 Å². The van der Waals surface area contributed by atoms with Crippen molar-refractivity contribution in [3.63, 3.8) is 0 Å². The normalized spacial score (nSPS) is 24.1. The maximum absolute atomic E-state index is 15.4. The zero-order valence-electron chi connectivity index (χ0n) is 33.4. The summed E-state index contributed by atoms with van der Waals surface area (Å²) in [6, 6.07) is 22.4. The number of hydrogen-bond acceptors (Lipinski definition) is 10. The maximum atomic E-state index is 15.4. The van der Waals surface area contributed by atoms with Crippen LogP contribution in [0.2, 0.25) is 10.0 Å². The third-order valence-electron chi connectivity index (χ3n) is 12.8. The van der Waals surface area contributed by atoms with Gasteiger partial charge in [-0.05, 0) is 97.1 Å². The Hall–Kier alpha value is -6.92. The van der Waals surface area contributed by atoms with Crippen molar-refractivity contribution < 1.29 is 59.8 Å². The molecule has 4 aliphatic rings. The first-order valence-corrected chi connectivity index (χ1v) is 20.9. The molecular formula is C46H29Cl2F6N5O7. The van der Waals surface area contributed by atoms with Crippen LogP contribution in [0.5, 0.6) is 11.5 Å². The van der Waals surface area contributed by atoms with E-state index < -0.39 is 99.1 Å². The Morgan fingerprint density at radius 3 is 2.26 bits per heavy atom. The van der Waals surface area contributed by atoms with Gasteiger partial charge in [0, 0.05) is 28.3 Å². The SMILES string of the molecule is O=C1C2CC3C(=CCC4C(=O)N(c5ccc(-c6nc7ccccc7o6)cc5)C(=O)C43)C(c3cc(OC(F)(F)F)ccc3O)C2(c2ccc(Cl)cc2)C(=O)N1Nc1ncc(C(F)(F)F)cc1Cl. The number of rotatable bonds is 7. The molecule has 6 aromatic rings. The Labute approximate surface area is 378 Å². The van der Waals surface area contributed by atoms with Gasteiger partial charge in [0.2, 0.25) is 17.7 Å². The second-order valence-corrected chi connectivity index (χ2v) is 17.1. The van der Waals surface area contributed by atoms with Crippen LogP contribution in [0.25, 0.3) is 22.6 Å². The van der Waals surface area contributed by atoms with E-state index in [1.807, 2.05) is 0 Å². The van der Waals surface area contributed by atoms with E-state index in [-0.39, 0.29) is 40.3 Å². The lowest BCUT2D eigenvalue weighted by molar-refractivity contribution is -0.274. The van der Waals surface area contributed by atoms with Crippen LogP contribution >= 0.6 is 23.2 Å². The highest BCUT2D eigenvalue weighted by Crippen LogP contribution is 2.65. The molecule has 10 rings (SSSR count). The molecule has 2 aliphatic heterocycles. The van der Waals surface area contributed by atoms with Crippen molar-refractivity contribution in [1.29, 1.82) is 0 Å². The number of imide groups is 2. The highest BCUT2D eigenvalue weighted by Gasteiger charge is 2.71. The van der Waals surface area contributed by atoms with Gasteiger partial charge in [0.1, 0.15) is 17.0 Å². The fraction of sp³-hybridized carbons (Fsp3) is 0.217. The van der Waals surface area contributed by atoms with Gasteiger partial charge in [-0.1, -0.05) is 59.1 Å². The molecule has 0 spiro atoms. The number of nitrogens with zero attached hydrogens (tertiary/aromatic N) is 4. The molecule has 4 amide bonds. The number of para-hydroxylation sites is 2. The summed E-state index contributed by atoms with van der Waals surface area (Å²) in [5, 5.41) is 11.7. The molecule has 66 heavy (non-hydrogen) atoms. The topological polar surface area (TPSA) is 155 Å². The number of aromatic nitrogens is 2. The largest absolute Gasteiger partial charge is 0.573 e. The van der Waals surface area contributed by atoms with Crippen LogP contribution in [0.4, 0.5) is 37.8 Å². The Kier molecular flexibility index (Phi) is 9.99. The van der Waals surface area contributed by atoms with Crippen LogP contribution < -0.4 is 15.1 Å². The molecule has 1 saturated carbocycles. The molecule has 4 heterocycles. The predicted octanol–water partition coefficient (Wildman–Crippen LogP) is 10.0. The summed E-state index contributed by atoms with van der Waals surface area (Å²) in [4.78, 5) is 68.9. The van der Waals surface area contributed by atoms with Gasteiger partial charge in [0.15, 0.2) is 11.4 Å². The number of hydrogen-bond donors (Lipinski definition) is 2. The predicted molar refractivity (Wildman–Crippen MR) is 224 cm³/mol. The molecule has 2 aliphatic carbocycles. The van der Waals surface area contributed by atoms with Crippen LogP contribution in [0.15, 0.2) is 119 Å². The summed E-state index contributed by atoms with van der Waals surface area (Å²) >= 11 is 12.5. The van der Waals surface area contributed by atoms with E-state index in [1.54, 1.807) is 54.6 Å². The van der Waals surface area contributed by atoms with Gasteiger partial charge in [-0.15, -0.1) is 13.2 Å². The number of carbonyl (C=O) groups excluding carboxylic acids is 4. The Morgan fingerprint density at radius 1 is 0.848 bits per heavy atom. The molecule has 2 aromatic heterocycles. The number of benzene rings is 4. The number of amides is 4. The van der Waals surface area contributed by atoms with Gasteiger partial charge < -0.3 is 14.3 Å². The minimum atomic E-state index is -5.20. The first-order valence-electron chi connectivity index (χ1n) is 20.1. The standard InChI is InChI=1S/C46H29Cl2F6N5O7/c47-24-9-7-22(8-10-24)44-31(41(62)59(43(44)64)57-38-32(48)17-23(20-55-38)45(49,50)51)19-29-27(37(44)30-18-26(13-16-34(30)60)66-46(52,53)54)14-15-28-36(29)42(63)58(40(28)61)25-11-5-21(6-12-25)39-56-33-3-1-2-4-35(33)65-39/h1-14,16-18,20,28-29,31,36-37,60H,15,19H2,(H,55,57). The average Bonchev–Trinajstić information content (AvgIpc) is 3.89. The lowest BCUT2D eigenvalue weighted by Crippen LogP contribution is -2.53. The van der Waals surface area contributed by atoms with Crippen molar-refractivity contribution in [1.82, 2.24) is 15.0 Å². The molecule has 336 valence electrons. The average molecular weight is 949 g/mol. The van der Waals surface area contributed by atoms with Crippen molar-refractivity contribution >= 4 is 69.4 Å². The first kappa shape index (κ1) is 43.0. The summed E-state index contributed by atoms with van der Waals surface area (Å²) in [5.41, 5.74) is 1.07. The van der Waals surface area contributed by atoms with E-state index in [1.165, 1.54) is 24.3 Å². The molecule has 6 unspecified atom stereocenters. The number of anilines is 2. The quantitative estimate of drug-likeness (QED) is 0.0898. The molecule has 2 saturated heterocycles. The first-order chi connectivity index (χ1) is 31.3. The van der Waals surface area contributed by atoms with E-state index in [4.69, 9.17) is 27.6 Å². The van der Waals surface area contributed by atoms with Crippen LogP contribution in [0, 0.1) is 23.7 Å². The molecule has 4 aromatic carbocycles. The number of carbonyl (C=O) groups is 4. The van der Waals surface area contributed by atoms with Gasteiger partial charge in [-0.25, -0.2) is 9.97 Å². The number of halogens is 8. The number of nitrogens with one attached hydrogen (secondary N) is 1. The summed E-state index contributed by atoms with van der Waals surface area (Å²) in [5.74, 6) is -11.2. The molecule has 3 fully saturated rings. The van der Waals surface area contributed by atoms with Gasteiger partial charge in [-0.3, -0.25) is 29.5 Å². The van der Waals surface area contributed by atoms with Gasteiger partial charge in [0.05, 0.1) is 39.4 Å². The van der Waals surface area contributed by atoms with Gasteiger partial charge >= 0.3 is 12.5 Å². The molecule has 0 radical (unpaired) electrons. The third-order valence-corrected chi connectivity index (χ3v) is 13.3. The second kappa shape index (κ2) is 15.3. The summed E-state index contributed by atoms with van der Waals surface area (Å²) < 4.78 is 92.1. The second-order valence-electron chi connectivity index (χ2n) is 16.2. The molecular weight excluding hydrogens is 919 g/mol. The Balaban J connectivity index is 1.10.